The van der Waals surface area contributed by atoms with Gasteiger partial charge in [0.2, 0.25) is 0 Å². The molecule has 5 nitrogen and oxygen atoms in total. The Hall–Kier alpha value is -2.21. The van der Waals surface area contributed by atoms with Crippen LogP contribution >= 0.6 is 11.3 Å². The number of nitrogens with zero attached hydrogens (tertiary/aromatic N) is 1. The van der Waals surface area contributed by atoms with Gasteiger partial charge in [0.15, 0.2) is 11.5 Å². The first-order valence-electron chi connectivity index (χ1n) is 5.17. The summed E-state index contributed by atoms with van der Waals surface area (Å²) in [4.78, 5) is 27.6. The summed E-state index contributed by atoms with van der Waals surface area (Å²) in [5.41, 5.74) is -0.0866. The quantitative estimate of drug-likeness (QED) is 0.818. The molecule has 1 amide bonds. The molecule has 0 aromatic carbocycles. The zero-order valence-corrected chi connectivity index (χ0v) is 10.1. The molecule has 0 atom stereocenters. The number of Topliss-reactive ketones (excluding diaryl/α,β-unsaturated/α-hetero) is 1. The Kier molecular flexibility index (Phi) is 3.69. The first kappa shape index (κ1) is 12.3. The van der Waals surface area contributed by atoms with Crippen LogP contribution in [0.25, 0.3) is 0 Å². The summed E-state index contributed by atoms with van der Waals surface area (Å²) in [7, 11) is 0. The molecule has 0 bridgehead atoms. The summed E-state index contributed by atoms with van der Waals surface area (Å²) < 4.78 is 0. The number of thiophene rings is 1. The van der Waals surface area contributed by atoms with E-state index in [2.05, 4.69) is 10.3 Å². The lowest BCUT2D eigenvalue weighted by atomic mass is 10.3. The van der Waals surface area contributed by atoms with Crippen LogP contribution in [0.3, 0.4) is 0 Å². The fourth-order valence-electron chi connectivity index (χ4n) is 1.34. The Balaban J connectivity index is 1.97. The molecule has 2 aromatic heterocycles. The lowest BCUT2D eigenvalue weighted by Crippen LogP contribution is -2.29. The number of rotatable bonds is 4. The largest absolute Gasteiger partial charge is 0.505 e. The van der Waals surface area contributed by atoms with Gasteiger partial charge in [0.05, 0.1) is 11.4 Å². The van der Waals surface area contributed by atoms with Gasteiger partial charge in [0.1, 0.15) is 5.75 Å². The van der Waals surface area contributed by atoms with E-state index in [4.69, 9.17) is 0 Å². The molecule has 2 N–H and O–H groups in total. The van der Waals surface area contributed by atoms with Crippen LogP contribution < -0.4 is 5.32 Å². The average Bonchev–Trinajstić information content (AvgIpc) is 2.90. The van der Waals surface area contributed by atoms with Crippen LogP contribution in [0, 0.1) is 0 Å². The van der Waals surface area contributed by atoms with E-state index in [1.54, 1.807) is 17.5 Å². The van der Waals surface area contributed by atoms with Crippen molar-refractivity contribution in [2.45, 2.75) is 0 Å². The predicted octanol–water partition coefficient (Wildman–Crippen LogP) is 1.46. The number of amides is 1. The molecular weight excluding hydrogens is 252 g/mol. The van der Waals surface area contributed by atoms with Crippen LogP contribution in [0.2, 0.25) is 0 Å². The minimum atomic E-state index is -0.571. The monoisotopic (exact) mass is 262 g/mol. The molecule has 0 saturated heterocycles. The summed E-state index contributed by atoms with van der Waals surface area (Å²) >= 11 is 1.32. The second-order valence-corrected chi connectivity index (χ2v) is 4.40. The third kappa shape index (κ3) is 2.72. The van der Waals surface area contributed by atoms with Gasteiger partial charge in [-0.3, -0.25) is 9.59 Å². The Bertz CT molecular complexity index is 566. The van der Waals surface area contributed by atoms with Crippen molar-refractivity contribution in [3.05, 3.63) is 46.4 Å². The molecule has 0 spiro atoms. The van der Waals surface area contributed by atoms with Crippen LogP contribution in [-0.2, 0) is 0 Å². The van der Waals surface area contributed by atoms with Crippen LogP contribution in [-0.4, -0.2) is 28.3 Å². The molecule has 18 heavy (non-hydrogen) atoms. The fourth-order valence-corrected chi connectivity index (χ4v) is 2.00. The second-order valence-electron chi connectivity index (χ2n) is 3.45. The highest BCUT2D eigenvalue weighted by Crippen LogP contribution is 2.12. The van der Waals surface area contributed by atoms with Crippen LogP contribution in [0.5, 0.6) is 5.75 Å². The van der Waals surface area contributed by atoms with Crippen molar-refractivity contribution in [2.75, 3.05) is 6.54 Å². The molecule has 0 aliphatic rings. The number of hydrogen-bond acceptors (Lipinski definition) is 5. The first-order valence-corrected chi connectivity index (χ1v) is 6.05. The van der Waals surface area contributed by atoms with Gasteiger partial charge < -0.3 is 10.4 Å². The van der Waals surface area contributed by atoms with Crippen molar-refractivity contribution in [3.63, 3.8) is 0 Å². The van der Waals surface area contributed by atoms with E-state index in [9.17, 15) is 14.7 Å². The predicted molar refractivity (Wildman–Crippen MR) is 66.9 cm³/mol. The topological polar surface area (TPSA) is 79.3 Å². The Morgan fingerprint density at radius 2 is 2.17 bits per heavy atom. The van der Waals surface area contributed by atoms with Gasteiger partial charge in [-0.15, -0.1) is 11.3 Å². The number of aromatic nitrogens is 1. The average molecular weight is 262 g/mol. The molecular formula is C12H10N2O3S. The van der Waals surface area contributed by atoms with E-state index in [1.165, 1.54) is 29.7 Å². The zero-order valence-electron chi connectivity index (χ0n) is 9.29. The maximum absolute atomic E-state index is 11.7. The highest BCUT2D eigenvalue weighted by Gasteiger charge is 2.14. The van der Waals surface area contributed by atoms with Gasteiger partial charge in [-0.05, 0) is 23.6 Å². The third-order valence-electron chi connectivity index (χ3n) is 2.21. The zero-order chi connectivity index (χ0) is 13.0. The van der Waals surface area contributed by atoms with Crippen LogP contribution in [0.4, 0.5) is 0 Å². The lowest BCUT2D eigenvalue weighted by molar-refractivity contribution is 0.0900. The van der Waals surface area contributed by atoms with E-state index >= 15 is 0 Å². The highest BCUT2D eigenvalue weighted by molar-refractivity contribution is 7.12. The van der Waals surface area contributed by atoms with E-state index in [0.29, 0.717) is 4.88 Å². The number of carbonyl (C=O) groups excluding carboxylic acids is 2. The van der Waals surface area contributed by atoms with Crippen molar-refractivity contribution in [3.8, 4) is 5.75 Å². The van der Waals surface area contributed by atoms with Gasteiger partial charge >= 0.3 is 0 Å². The number of hydrogen-bond donors (Lipinski definition) is 2. The van der Waals surface area contributed by atoms with Gasteiger partial charge in [0, 0.05) is 6.20 Å². The number of carbonyl (C=O) groups is 2. The number of nitrogens with one attached hydrogen (secondary N) is 1. The van der Waals surface area contributed by atoms with Crippen molar-refractivity contribution in [1.29, 1.82) is 0 Å². The first-order chi connectivity index (χ1) is 8.68. The summed E-state index contributed by atoms with van der Waals surface area (Å²) in [5, 5.41) is 13.6. The molecule has 2 heterocycles. The number of ketones is 1. The van der Waals surface area contributed by atoms with Gasteiger partial charge in [0.25, 0.3) is 5.91 Å². The van der Waals surface area contributed by atoms with Crippen molar-refractivity contribution in [2.24, 2.45) is 0 Å². The lowest BCUT2D eigenvalue weighted by Gasteiger charge is -2.04. The van der Waals surface area contributed by atoms with Crippen molar-refractivity contribution < 1.29 is 14.7 Å². The molecule has 0 radical (unpaired) electrons. The summed E-state index contributed by atoms with van der Waals surface area (Å²) in [6, 6.07) is 6.34. The normalized spacial score (nSPS) is 10.0. The molecule has 2 aromatic rings. The SMILES string of the molecule is O=C(CNC(=O)c1ncccc1O)c1cccs1. The molecule has 92 valence electrons. The molecule has 6 heteroatoms. The fraction of sp³-hybridized carbons (Fsp3) is 0.0833. The molecule has 0 unspecified atom stereocenters. The Labute approximate surface area is 107 Å². The highest BCUT2D eigenvalue weighted by atomic mass is 32.1. The number of aromatic hydroxyl groups is 1. The van der Waals surface area contributed by atoms with E-state index in [0.717, 1.165) is 0 Å². The summed E-state index contributed by atoms with van der Waals surface area (Å²) in [6.45, 7) is -0.116. The van der Waals surface area contributed by atoms with Crippen LogP contribution in [0.15, 0.2) is 35.8 Å². The minimum Gasteiger partial charge on any atom is -0.505 e. The Morgan fingerprint density at radius 3 is 2.83 bits per heavy atom. The second kappa shape index (κ2) is 5.42. The van der Waals surface area contributed by atoms with E-state index in [-0.39, 0.29) is 23.8 Å². The van der Waals surface area contributed by atoms with Gasteiger partial charge in [-0.2, -0.15) is 0 Å². The Morgan fingerprint density at radius 1 is 1.33 bits per heavy atom. The molecule has 0 aliphatic heterocycles. The standard InChI is InChI=1S/C12H10N2O3S/c15-8-3-1-5-13-11(8)12(17)14-7-9(16)10-4-2-6-18-10/h1-6,15H,7H2,(H,14,17). The molecule has 0 saturated carbocycles. The van der Waals surface area contributed by atoms with Crippen molar-refractivity contribution >= 4 is 23.0 Å². The van der Waals surface area contributed by atoms with Gasteiger partial charge in [-0.1, -0.05) is 6.07 Å². The maximum Gasteiger partial charge on any atom is 0.274 e. The minimum absolute atomic E-state index is 0.0866. The third-order valence-corrected chi connectivity index (χ3v) is 3.12. The maximum atomic E-state index is 11.7. The smallest absolute Gasteiger partial charge is 0.274 e. The van der Waals surface area contributed by atoms with E-state index in [1.807, 2.05) is 0 Å². The van der Waals surface area contributed by atoms with E-state index < -0.39 is 5.91 Å². The molecule has 0 aliphatic carbocycles. The summed E-state index contributed by atoms with van der Waals surface area (Å²) in [6.07, 6.45) is 1.40. The molecule has 0 fully saturated rings. The molecule has 2 rings (SSSR count). The van der Waals surface area contributed by atoms with Crippen molar-refractivity contribution in [1.82, 2.24) is 10.3 Å². The number of pyridine rings is 1. The van der Waals surface area contributed by atoms with Crippen LogP contribution in [0.1, 0.15) is 20.2 Å². The summed E-state index contributed by atoms with van der Waals surface area (Å²) in [5.74, 6) is -0.953. The van der Waals surface area contributed by atoms with Gasteiger partial charge in [-0.25, -0.2) is 4.98 Å².